The van der Waals surface area contributed by atoms with Gasteiger partial charge in [-0.1, -0.05) is 11.6 Å². The number of rotatable bonds is 6. The molecule has 112 valence electrons. The summed E-state index contributed by atoms with van der Waals surface area (Å²) in [5, 5.41) is 12.4. The van der Waals surface area contributed by atoms with Gasteiger partial charge in [0.15, 0.2) is 0 Å². The van der Waals surface area contributed by atoms with Crippen LogP contribution in [0, 0.1) is 6.92 Å². The number of phenolic OH excluding ortho intramolecular Hbond substituents is 1. The van der Waals surface area contributed by atoms with Gasteiger partial charge in [0.25, 0.3) is 5.91 Å². The summed E-state index contributed by atoms with van der Waals surface area (Å²) in [5.74, 6) is 0.571. The Morgan fingerprint density at radius 2 is 2.19 bits per heavy atom. The number of phenols is 1. The van der Waals surface area contributed by atoms with Crippen LogP contribution in [0.3, 0.4) is 0 Å². The largest absolute Gasteiger partial charge is 0.506 e. The second kappa shape index (κ2) is 7.33. The Balaban J connectivity index is 1.68. The first-order valence-corrected chi connectivity index (χ1v) is 7.71. The van der Waals surface area contributed by atoms with E-state index in [9.17, 15) is 9.90 Å². The molecular weight excluding hydrogens is 310 g/mol. The summed E-state index contributed by atoms with van der Waals surface area (Å²) in [5.41, 5.74) is 0. The Bertz CT molecular complexity index is 627. The van der Waals surface area contributed by atoms with Gasteiger partial charge < -0.3 is 15.2 Å². The highest BCUT2D eigenvalue weighted by molar-refractivity contribution is 7.13. The number of thiophene rings is 1. The van der Waals surface area contributed by atoms with Crippen molar-refractivity contribution < 1.29 is 14.6 Å². The molecule has 0 unspecified atom stereocenters. The zero-order chi connectivity index (χ0) is 15.2. The minimum Gasteiger partial charge on any atom is -0.506 e. The van der Waals surface area contributed by atoms with Crippen LogP contribution >= 0.6 is 22.9 Å². The summed E-state index contributed by atoms with van der Waals surface area (Å²) in [6.45, 7) is 2.98. The normalized spacial score (nSPS) is 10.4. The van der Waals surface area contributed by atoms with Crippen molar-refractivity contribution in [3.8, 4) is 11.5 Å². The van der Waals surface area contributed by atoms with E-state index in [1.807, 2.05) is 19.1 Å². The fourth-order valence-corrected chi connectivity index (χ4v) is 2.64. The molecule has 1 aromatic heterocycles. The maximum Gasteiger partial charge on any atom is 0.261 e. The molecule has 0 fully saturated rings. The molecule has 2 rings (SSSR count). The number of ether oxygens (including phenoxy) is 1. The summed E-state index contributed by atoms with van der Waals surface area (Å²) in [6.07, 6.45) is 0.689. The van der Waals surface area contributed by atoms with E-state index in [1.54, 1.807) is 12.1 Å². The number of hydrogen-bond acceptors (Lipinski definition) is 4. The minimum absolute atomic E-state index is 0.0301. The summed E-state index contributed by atoms with van der Waals surface area (Å²) < 4.78 is 5.49. The zero-order valence-corrected chi connectivity index (χ0v) is 13.1. The van der Waals surface area contributed by atoms with E-state index in [-0.39, 0.29) is 16.7 Å². The first-order valence-electron chi connectivity index (χ1n) is 6.52. The first-order chi connectivity index (χ1) is 10.1. The van der Waals surface area contributed by atoms with Gasteiger partial charge in [-0.15, -0.1) is 11.3 Å². The number of amides is 1. The standard InChI is InChI=1S/C15H16ClNO3S/c1-10-3-6-14(21-10)15(19)17-7-2-8-20-11-4-5-13(18)12(16)9-11/h3-6,9,18H,2,7-8H2,1H3,(H,17,19). The van der Waals surface area contributed by atoms with Gasteiger partial charge >= 0.3 is 0 Å². The summed E-state index contributed by atoms with van der Waals surface area (Å²) in [6, 6.07) is 8.44. The molecule has 0 aliphatic heterocycles. The highest BCUT2D eigenvalue weighted by Gasteiger charge is 2.06. The molecule has 2 N–H and O–H groups in total. The van der Waals surface area contributed by atoms with Crippen molar-refractivity contribution in [3.05, 3.63) is 45.1 Å². The second-order valence-corrected chi connectivity index (χ2v) is 6.18. The number of carbonyl (C=O) groups is 1. The van der Waals surface area contributed by atoms with E-state index in [0.717, 1.165) is 9.75 Å². The van der Waals surface area contributed by atoms with Gasteiger partial charge in [-0.05, 0) is 37.6 Å². The minimum atomic E-state index is -0.0548. The molecule has 21 heavy (non-hydrogen) atoms. The van der Waals surface area contributed by atoms with E-state index in [4.69, 9.17) is 16.3 Å². The summed E-state index contributed by atoms with van der Waals surface area (Å²) >= 11 is 7.26. The molecular formula is C15H16ClNO3S. The maximum absolute atomic E-state index is 11.8. The van der Waals surface area contributed by atoms with Crippen LogP contribution in [-0.2, 0) is 0 Å². The number of benzene rings is 1. The number of halogens is 1. The van der Waals surface area contributed by atoms with Gasteiger partial charge in [-0.2, -0.15) is 0 Å². The number of aryl methyl sites for hydroxylation is 1. The molecule has 0 aliphatic carbocycles. The van der Waals surface area contributed by atoms with Crippen LogP contribution in [0.1, 0.15) is 21.0 Å². The molecule has 2 aromatic rings. The second-order valence-electron chi connectivity index (χ2n) is 4.48. The Morgan fingerprint density at radius 3 is 2.86 bits per heavy atom. The van der Waals surface area contributed by atoms with Crippen LogP contribution in [0.4, 0.5) is 0 Å². The third kappa shape index (κ3) is 4.65. The van der Waals surface area contributed by atoms with Crippen molar-refractivity contribution in [2.75, 3.05) is 13.2 Å². The van der Waals surface area contributed by atoms with Crippen LogP contribution < -0.4 is 10.1 Å². The third-order valence-electron chi connectivity index (χ3n) is 2.76. The van der Waals surface area contributed by atoms with Crippen molar-refractivity contribution in [2.45, 2.75) is 13.3 Å². The smallest absolute Gasteiger partial charge is 0.261 e. The zero-order valence-electron chi connectivity index (χ0n) is 11.6. The molecule has 0 aliphatic rings. The quantitative estimate of drug-likeness (QED) is 0.798. The topological polar surface area (TPSA) is 58.6 Å². The number of nitrogens with one attached hydrogen (secondary N) is 1. The van der Waals surface area contributed by atoms with Gasteiger partial charge in [0.1, 0.15) is 11.5 Å². The molecule has 0 spiro atoms. The van der Waals surface area contributed by atoms with Crippen LogP contribution in [0.2, 0.25) is 5.02 Å². The lowest BCUT2D eigenvalue weighted by Gasteiger charge is -2.07. The lowest BCUT2D eigenvalue weighted by molar-refractivity contribution is 0.0955. The Kier molecular flexibility index (Phi) is 5.47. The highest BCUT2D eigenvalue weighted by atomic mass is 35.5. The molecule has 1 amide bonds. The Morgan fingerprint density at radius 1 is 1.38 bits per heavy atom. The average Bonchev–Trinajstić information content (AvgIpc) is 2.89. The van der Waals surface area contributed by atoms with Crippen LogP contribution in [-0.4, -0.2) is 24.2 Å². The molecule has 0 saturated heterocycles. The number of aromatic hydroxyl groups is 1. The lowest BCUT2D eigenvalue weighted by atomic mass is 10.3. The predicted molar refractivity (Wildman–Crippen MR) is 84.6 cm³/mol. The maximum atomic E-state index is 11.8. The van der Waals surface area contributed by atoms with E-state index in [1.165, 1.54) is 17.4 Å². The molecule has 0 bridgehead atoms. The SMILES string of the molecule is Cc1ccc(C(=O)NCCCOc2ccc(O)c(Cl)c2)s1. The fourth-order valence-electron chi connectivity index (χ4n) is 1.69. The predicted octanol–water partition coefficient (Wildman–Crippen LogP) is 3.61. The average molecular weight is 326 g/mol. The molecule has 1 aromatic carbocycles. The Hall–Kier alpha value is -1.72. The molecule has 4 nitrogen and oxygen atoms in total. The fraction of sp³-hybridized carbons (Fsp3) is 0.267. The summed E-state index contributed by atoms with van der Waals surface area (Å²) in [7, 11) is 0. The lowest BCUT2D eigenvalue weighted by Crippen LogP contribution is -2.24. The molecule has 0 saturated carbocycles. The number of hydrogen-bond donors (Lipinski definition) is 2. The van der Waals surface area contributed by atoms with Crippen LogP contribution in [0.15, 0.2) is 30.3 Å². The van der Waals surface area contributed by atoms with Crippen LogP contribution in [0.5, 0.6) is 11.5 Å². The third-order valence-corrected chi connectivity index (χ3v) is 4.06. The van der Waals surface area contributed by atoms with Crippen molar-refractivity contribution in [1.82, 2.24) is 5.32 Å². The monoisotopic (exact) mass is 325 g/mol. The van der Waals surface area contributed by atoms with Gasteiger partial charge in [0.05, 0.1) is 16.5 Å². The van der Waals surface area contributed by atoms with Gasteiger partial charge in [-0.25, -0.2) is 0 Å². The Labute approximate surface area is 132 Å². The van der Waals surface area contributed by atoms with E-state index < -0.39 is 0 Å². The molecule has 6 heteroatoms. The molecule has 0 radical (unpaired) electrons. The van der Waals surface area contributed by atoms with Crippen LogP contribution in [0.25, 0.3) is 0 Å². The van der Waals surface area contributed by atoms with E-state index in [2.05, 4.69) is 5.32 Å². The van der Waals surface area contributed by atoms with Crippen molar-refractivity contribution in [2.24, 2.45) is 0 Å². The highest BCUT2D eigenvalue weighted by Crippen LogP contribution is 2.27. The molecule has 1 heterocycles. The van der Waals surface area contributed by atoms with Gasteiger partial charge in [0, 0.05) is 17.5 Å². The van der Waals surface area contributed by atoms with Crippen molar-refractivity contribution >= 4 is 28.8 Å². The van der Waals surface area contributed by atoms with E-state index >= 15 is 0 Å². The summed E-state index contributed by atoms with van der Waals surface area (Å²) in [4.78, 5) is 13.6. The first kappa shape index (κ1) is 15.7. The van der Waals surface area contributed by atoms with E-state index in [0.29, 0.717) is 25.3 Å². The number of carbonyl (C=O) groups excluding carboxylic acids is 1. The van der Waals surface area contributed by atoms with Gasteiger partial charge in [0.2, 0.25) is 0 Å². The van der Waals surface area contributed by atoms with Gasteiger partial charge in [-0.3, -0.25) is 4.79 Å². The van der Waals surface area contributed by atoms with Crippen molar-refractivity contribution in [1.29, 1.82) is 0 Å². The van der Waals surface area contributed by atoms with Crippen molar-refractivity contribution in [3.63, 3.8) is 0 Å². The molecule has 0 atom stereocenters.